The van der Waals surface area contributed by atoms with Crippen molar-refractivity contribution in [1.82, 2.24) is 10.3 Å². The standard InChI is InChI=1S/C13H13F3N2O2S.C8H10N2O/c1-3-12(2)10(19)18(11(20)17-12)8-4-6-9(7-5-8)21-13(14,15)16;1-6-3-4-9-8(5-6)10-7(2)11/h4-7H,3H2,1-2H3,(H,17,20);3-5H,1-2H3,(H,9,10,11). The summed E-state index contributed by atoms with van der Waals surface area (Å²) in [6, 6.07) is 8.25. The number of urea groups is 1. The molecule has 1 aromatic heterocycles. The predicted octanol–water partition coefficient (Wildman–Crippen LogP) is 4.87. The van der Waals surface area contributed by atoms with Crippen molar-refractivity contribution in [3.8, 4) is 0 Å². The lowest BCUT2D eigenvalue weighted by Crippen LogP contribution is -2.43. The second-order valence-electron chi connectivity index (χ2n) is 7.20. The van der Waals surface area contributed by atoms with Crippen LogP contribution in [0, 0.1) is 6.92 Å². The van der Waals surface area contributed by atoms with Crippen LogP contribution in [-0.4, -0.2) is 33.9 Å². The van der Waals surface area contributed by atoms with Crippen molar-refractivity contribution in [2.24, 2.45) is 0 Å². The van der Waals surface area contributed by atoms with E-state index in [-0.39, 0.29) is 28.3 Å². The number of amides is 4. The number of thioether (sulfide) groups is 1. The number of nitrogens with zero attached hydrogens (tertiary/aromatic N) is 2. The highest BCUT2D eigenvalue weighted by molar-refractivity contribution is 8.00. The maximum Gasteiger partial charge on any atom is 0.446 e. The van der Waals surface area contributed by atoms with Crippen molar-refractivity contribution < 1.29 is 27.6 Å². The van der Waals surface area contributed by atoms with E-state index in [0.29, 0.717) is 12.2 Å². The number of hydrogen-bond acceptors (Lipinski definition) is 5. The Morgan fingerprint density at radius 2 is 1.84 bits per heavy atom. The number of aryl methyl sites for hydroxylation is 1. The number of alkyl halides is 3. The molecule has 2 aromatic rings. The van der Waals surface area contributed by atoms with Gasteiger partial charge < -0.3 is 10.6 Å². The van der Waals surface area contributed by atoms with Gasteiger partial charge in [-0.25, -0.2) is 14.7 Å². The summed E-state index contributed by atoms with van der Waals surface area (Å²) in [5.74, 6) is 0.104. The third-order valence-corrected chi connectivity index (χ3v) is 5.26. The van der Waals surface area contributed by atoms with Crippen molar-refractivity contribution in [3.63, 3.8) is 0 Å². The molecular weight excluding hydrogens is 445 g/mol. The molecule has 4 amide bonds. The molecule has 0 bridgehead atoms. The normalized spacial score (nSPS) is 18.0. The summed E-state index contributed by atoms with van der Waals surface area (Å²) in [4.78, 5) is 39.6. The molecule has 0 spiro atoms. The SMILES string of the molecule is CC(=O)Nc1cc(C)ccn1.CCC1(C)NC(=O)N(c2ccc(SC(F)(F)F)cc2)C1=O. The van der Waals surface area contributed by atoms with Gasteiger partial charge in [-0.15, -0.1) is 0 Å². The van der Waals surface area contributed by atoms with E-state index in [0.717, 1.165) is 10.5 Å². The van der Waals surface area contributed by atoms with Crippen LogP contribution >= 0.6 is 11.8 Å². The van der Waals surface area contributed by atoms with E-state index in [9.17, 15) is 27.6 Å². The fraction of sp³-hybridized carbons (Fsp3) is 0.333. The summed E-state index contributed by atoms with van der Waals surface area (Å²) in [6.45, 7) is 6.79. The number of carbonyl (C=O) groups excluding carboxylic acids is 3. The molecule has 3 rings (SSSR count). The van der Waals surface area contributed by atoms with Gasteiger partial charge in [-0.05, 0) is 74.0 Å². The Morgan fingerprint density at radius 1 is 1.22 bits per heavy atom. The van der Waals surface area contributed by atoms with Crippen molar-refractivity contribution >= 4 is 41.1 Å². The van der Waals surface area contributed by atoms with E-state index in [2.05, 4.69) is 15.6 Å². The lowest BCUT2D eigenvalue weighted by Gasteiger charge is -2.19. The lowest BCUT2D eigenvalue weighted by molar-refractivity contribution is -0.121. The van der Waals surface area contributed by atoms with Crippen molar-refractivity contribution in [2.45, 2.75) is 50.1 Å². The molecule has 172 valence electrons. The largest absolute Gasteiger partial charge is 0.446 e. The highest BCUT2D eigenvalue weighted by atomic mass is 32.2. The Kier molecular flexibility index (Phi) is 7.89. The van der Waals surface area contributed by atoms with E-state index in [4.69, 9.17) is 0 Å². The monoisotopic (exact) mass is 468 g/mol. The van der Waals surface area contributed by atoms with E-state index < -0.39 is 23.0 Å². The van der Waals surface area contributed by atoms with Gasteiger partial charge in [0.2, 0.25) is 5.91 Å². The molecule has 0 saturated carbocycles. The number of pyridine rings is 1. The number of benzene rings is 1. The molecule has 32 heavy (non-hydrogen) atoms. The number of aromatic nitrogens is 1. The molecule has 0 radical (unpaired) electrons. The Hall–Kier alpha value is -3.08. The summed E-state index contributed by atoms with van der Waals surface area (Å²) < 4.78 is 36.7. The Labute approximate surface area is 187 Å². The Bertz CT molecular complexity index is 999. The van der Waals surface area contributed by atoms with Crippen molar-refractivity contribution in [1.29, 1.82) is 0 Å². The van der Waals surface area contributed by atoms with Crippen LogP contribution in [0.5, 0.6) is 0 Å². The summed E-state index contributed by atoms with van der Waals surface area (Å²) in [6.07, 6.45) is 2.09. The van der Waals surface area contributed by atoms with E-state index in [1.165, 1.54) is 31.2 Å². The molecule has 1 saturated heterocycles. The maximum absolute atomic E-state index is 12.2. The summed E-state index contributed by atoms with van der Waals surface area (Å²) in [5, 5.41) is 5.18. The third-order valence-electron chi connectivity index (χ3n) is 4.52. The van der Waals surface area contributed by atoms with E-state index in [1.807, 2.05) is 19.1 Å². The van der Waals surface area contributed by atoms with Gasteiger partial charge in [-0.3, -0.25) is 9.59 Å². The molecule has 11 heteroatoms. The number of nitrogens with one attached hydrogen (secondary N) is 2. The molecule has 2 N–H and O–H groups in total. The summed E-state index contributed by atoms with van der Waals surface area (Å²) in [5.41, 5.74) is -4.01. The van der Waals surface area contributed by atoms with Crippen LogP contribution in [0.15, 0.2) is 47.5 Å². The molecule has 1 aliphatic rings. The quantitative estimate of drug-likeness (QED) is 0.493. The van der Waals surface area contributed by atoms with Gasteiger partial charge in [0.05, 0.1) is 5.69 Å². The van der Waals surface area contributed by atoms with Gasteiger partial charge in [0.1, 0.15) is 11.4 Å². The minimum Gasteiger partial charge on any atom is -0.323 e. The second-order valence-corrected chi connectivity index (χ2v) is 8.34. The van der Waals surface area contributed by atoms with Gasteiger partial charge >= 0.3 is 11.5 Å². The van der Waals surface area contributed by atoms with Crippen molar-refractivity contribution in [3.05, 3.63) is 48.2 Å². The van der Waals surface area contributed by atoms with Gasteiger partial charge in [-0.2, -0.15) is 13.2 Å². The third kappa shape index (κ3) is 6.71. The van der Waals surface area contributed by atoms with Gasteiger partial charge in [0.25, 0.3) is 5.91 Å². The highest BCUT2D eigenvalue weighted by Crippen LogP contribution is 2.37. The molecule has 1 atom stereocenters. The number of anilines is 2. The molecule has 0 aliphatic carbocycles. The van der Waals surface area contributed by atoms with Gasteiger partial charge in [0, 0.05) is 18.0 Å². The average molecular weight is 469 g/mol. The molecule has 7 nitrogen and oxygen atoms in total. The van der Waals surface area contributed by atoms with Crippen LogP contribution in [0.25, 0.3) is 0 Å². The molecular formula is C21H23F3N4O3S. The van der Waals surface area contributed by atoms with Crippen LogP contribution in [0.1, 0.15) is 32.8 Å². The zero-order valence-corrected chi connectivity index (χ0v) is 18.7. The fourth-order valence-corrected chi connectivity index (χ4v) is 3.28. The van der Waals surface area contributed by atoms with Crippen molar-refractivity contribution in [2.75, 3.05) is 10.2 Å². The average Bonchev–Trinajstić information content (AvgIpc) is 2.90. The van der Waals surface area contributed by atoms with E-state index in [1.54, 1.807) is 20.0 Å². The van der Waals surface area contributed by atoms with Crippen LogP contribution in [0.4, 0.5) is 29.5 Å². The topological polar surface area (TPSA) is 91.4 Å². The number of rotatable bonds is 4. The van der Waals surface area contributed by atoms with Crippen LogP contribution < -0.4 is 15.5 Å². The van der Waals surface area contributed by atoms with E-state index >= 15 is 0 Å². The second kappa shape index (κ2) is 10.0. The first-order valence-electron chi connectivity index (χ1n) is 9.57. The molecule has 1 fully saturated rings. The highest BCUT2D eigenvalue weighted by Gasteiger charge is 2.47. The van der Waals surface area contributed by atoms with Crippen LogP contribution in [-0.2, 0) is 9.59 Å². The molecule has 1 unspecified atom stereocenters. The Balaban J connectivity index is 0.000000278. The molecule has 2 heterocycles. The minimum atomic E-state index is -4.37. The number of carbonyl (C=O) groups is 3. The van der Waals surface area contributed by atoms with Crippen LogP contribution in [0.3, 0.4) is 0 Å². The molecule has 1 aromatic carbocycles. The predicted molar refractivity (Wildman–Crippen MR) is 116 cm³/mol. The first kappa shape index (κ1) is 25.2. The lowest BCUT2D eigenvalue weighted by atomic mass is 9.99. The smallest absolute Gasteiger partial charge is 0.323 e. The number of halogens is 3. The number of imide groups is 1. The minimum absolute atomic E-state index is 0.00319. The zero-order chi connectivity index (χ0) is 24.1. The first-order valence-corrected chi connectivity index (χ1v) is 10.4. The van der Waals surface area contributed by atoms with Gasteiger partial charge in [-0.1, -0.05) is 6.92 Å². The first-order chi connectivity index (χ1) is 14.8. The maximum atomic E-state index is 12.2. The van der Waals surface area contributed by atoms with Gasteiger partial charge in [0.15, 0.2) is 0 Å². The summed E-state index contributed by atoms with van der Waals surface area (Å²) >= 11 is -0.246. The Morgan fingerprint density at radius 3 is 2.31 bits per heavy atom. The fourth-order valence-electron chi connectivity index (χ4n) is 2.74. The zero-order valence-electron chi connectivity index (χ0n) is 17.9. The molecule has 1 aliphatic heterocycles. The summed E-state index contributed by atoms with van der Waals surface area (Å²) in [7, 11) is 0. The van der Waals surface area contributed by atoms with Crippen LogP contribution in [0.2, 0.25) is 0 Å². The number of hydrogen-bond donors (Lipinski definition) is 2.